The molecule has 0 spiro atoms. The number of aromatic nitrogens is 1. The van der Waals surface area contributed by atoms with E-state index in [0.717, 1.165) is 24.3 Å². The maximum atomic E-state index is 8.75. The number of aryl methyl sites for hydroxylation is 1. The Hall–Kier alpha value is -3.71. The van der Waals surface area contributed by atoms with Crippen molar-refractivity contribution < 1.29 is 0 Å². The van der Waals surface area contributed by atoms with Crippen LogP contribution in [0.3, 0.4) is 0 Å². The van der Waals surface area contributed by atoms with Crippen molar-refractivity contribution in [2.45, 2.75) is 26.2 Å². The molecule has 4 rings (SSSR count). The maximum Gasteiger partial charge on any atom is 0.103 e. The summed E-state index contributed by atoms with van der Waals surface area (Å²) in [5, 5.41) is 16.7. The molecule has 31 heavy (non-hydrogen) atoms. The molecule has 1 atom stereocenters. The summed E-state index contributed by atoms with van der Waals surface area (Å²) in [7, 11) is 0. The number of aromatic amines is 1. The van der Waals surface area contributed by atoms with Crippen LogP contribution in [0.2, 0.25) is 0 Å². The number of hydrogen-bond donors (Lipinski definition) is 3. The van der Waals surface area contributed by atoms with Gasteiger partial charge in [0.25, 0.3) is 0 Å². The lowest BCUT2D eigenvalue weighted by Gasteiger charge is -2.15. The largest absolute Gasteiger partial charge is 0.385 e. The second kappa shape index (κ2) is 9.40. The van der Waals surface area contributed by atoms with Crippen LogP contribution in [0.1, 0.15) is 35.2 Å². The molecule has 0 saturated carbocycles. The fourth-order valence-corrected chi connectivity index (χ4v) is 4.06. The first-order valence-electron chi connectivity index (χ1n) is 10.8. The van der Waals surface area contributed by atoms with E-state index in [9.17, 15) is 0 Å². The van der Waals surface area contributed by atoms with Crippen LogP contribution in [0.25, 0.3) is 10.9 Å². The van der Waals surface area contributed by atoms with Crippen molar-refractivity contribution in [3.63, 3.8) is 0 Å². The Morgan fingerprint density at radius 3 is 2.32 bits per heavy atom. The summed E-state index contributed by atoms with van der Waals surface area (Å²) in [5.41, 5.74) is 8.46. The molecule has 3 aromatic carbocycles. The minimum atomic E-state index is 0.242. The molecule has 0 aliphatic carbocycles. The van der Waals surface area contributed by atoms with Crippen LogP contribution >= 0.6 is 0 Å². The first kappa shape index (κ1) is 20.6. The zero-order valence-corrected chi connectivity index (χ0v) is 18.1. The van der Waals surface area contributed by atoms with Gasteiger partial charge in [0, 0.05) is 40.4 Å². The summed E-state index contributed by atoms with van der Waals surface area (Å²) >= 11 is 0. The fraction of sp³-hybridized carbons (Fsp3) is 0.222. The van der Waals surface area contributed by atoms with Crippen LogP contribution in [0.15, 0.2) is 72.8 Å². The number of benzene rings is 3. The predicted molar refractivity (Wildman–Crippen MR) is 130 cm³/mol. The highest BCUT2D eigenvalue weighted by Gasteiger charge is 2.18. The van der Waals surface area contributed by atoms with E-state index in [1.807, 2.05) is 12.1 Å². The molecule has 156 valence electrons. The van der Waals surface area contributed by atoms with Crippen LogP contribution in [0.4, 0.5) is 11.4 Å². The summed E-state index contributed by atoms with van der Waals surface area (Å²) in [6.07, 6.45) is 0.944. The summed E-state index contributed by atoms with van der Waals surface area (Å²) in [5.74, 6) is 0.242. The quantitative estimate of drug-likeness (QED) is 0.303. The Kier molecular flexibility index (Phi) is 6.24. The van der Waals surface area contributed by atoms with Crippen molar-refractivity contribution in [3.8, 4) is 6.07 Å². The van der Waals surface area contributed by atoms with Crippen molar-refractivity contribution >= 4 is 22.3 Å². The van der Waals surface area contributed by atoms with Crippen molar-refractivity contribution in [1.82, 2.24) is 4.98 Å². The van der Waals surface area contributed by atoms with Gasteiger partial charge in [-0.25, -0.2) is 0 Å². The van der Waals surface area contributed by atoms with Crippen molar-refractivity contribution in [3.05, 3.63) is 95.2 Å². The van der Waals surface area contributed by atoms with E-state index in [-0.39, 0.29) is 5.92 Å². The first-order valence-corrected chi connectivity index (χ1v) is 10.8. The van der Waals surface area contributed by atoms with Crippen LogP contribution in [0.5, 0.6) is 0 Å². The molecule has 0 saturated heterocycles. The Morgan fingerprint density at radius 2 is 1.58 bits per heavy atom. The molecule has 1 aromatic heterocycles. The van der Waals surface area contributed by atoms with Crippen LogP contribution in [-0.4, -0.2) is 18.1 Å². The van der Waals surface area contributed by atoms with Crippen molar-refractivity contribution in [2.24, 2.45) is 0 Å². The summed E-state index contributed by atoms with van der Waals surface area (Å²) in [6, 6.07) is 27.6. The Bertz CT molecular complexity index is 1180. The highest BCUT2D eigenvalue weighted by molar-refractivity contribution is 5.85. The van der Waals surface area contributed by atoms with E-state index in [4.69, 9.17) is 5.26 Å². The number of fused-ring (bicyclic) bond motifs is 1. The van der Waals surface area contributed by atoms with Gasteiger partial charge in [0.1, 0.15) is 6.54 Å². The van der Waals surface area contributed by atoms with E-state index in [1.165, 1.54) is 33.3 Å². The molecule has 4 aromatic rings. The van der Waals surface area contributed by atoms with Gasteiger partial charge in [0.15, 0.2) is 0 Å². The van der Waals surface area contributed by atoms with E-state index in [0.29, 0.717) is 6.54 Å². The zero-order chi connectivity index (χ0) is 21.6. The number of nitrogens with zero attached hydrogens (tertiary/aromatic N) is 1. The second-order valence-electron chi connectivity index (χ2n) is 7.96. The van der Waals surface area contributed by atoms with E-state index >= 15 is 0 Å². The standard InChI is InChI=1S/C27H28N4/c1-19-7-11-22(12-8-19)29-17-15-25-24-5-3-4-6-26(24)31-27(25)20(2)21-9-13-23(14-10-21)30-18-16-28/h3-14,20,29-31H,15,17-18H2,1-2H3. The number of para-hydroxylation sites is 1. The molecular formula is C27H28N4. The summed E-state index contributed by atoms with van der Waals surface area (Å²) < 4.78 is 0. The zero-order valence-electron chi connectivity index (χ0n) is 18.1. The van der Waals surface area contributed by atoms with Gasteiger partial charge in [0.05, 0.1) is 6.07 Å². The van der Waals surface area contributed by atoms with Gasteiger partial charge < -0.3 is 15.6 Å². The number of rotatable bonds is 8. The lowest BCUT2D eigenvalue weighted by atomic mass is 9.93. The third-order valence-corrected chi connectivity index (χ3v) is 5.82. The predicted octanol–water partition coefficient (Wildman–Crippen LogP) is 6.22. The van der Waals surface area contributed by atoms with Crippen LogP contribution in [0, 0.1) is 18.3 Å². The number of nitrogens with one attached hydrogen (secondary N) is 3. The van der Waals surface area contributed by atoms with E-state index in [1.54, 1.807) is 0 Å². The number of anilines is 2. The molecule has 0 bridgehead atoms. The Labute approximate surface area is 183 Å². The molecular weight excluding hydrogens is 380 g/mol. The topological polar surface area (TPSA) is 63.6 Å². The molecule has 4 nitrogen and oxygen atoms in total. The van der Waals surface area contributed by atoms with Gasteiger partial charge in [-0.2, -0.15) is 5.26 Å². The average molecular weight is 409 g/mol. The molecule has 3 N–H and O–H groups in total. The number of hydrogen-bond acceptors (Lipinski definition) is 3. The van der Waals surface area contributed by atoms with Gasteiger partial charge in [-0.05, 0) is 54.8 Å². The molecule has 0 radical (unpaired) electrons. The lowest BCUT2D eigenvalue weighted by Crippen LogP contribution is -2.08. The lowest BCUT2D eigenvalue weighted by molar-refractivity contribution is 0.857. The Morgan fingerprint density at radius 1 is 0.903 bits per heavy atom. The second-order valence-corrected chi connectivity index (χ2v) is 7.96. The van der Waals surface area contributed by atoms with Crippen LogP contribution < -0.4 is 10.6 Å². The minimum Gasteiger partial charge on any atom is -0.385 e. The van der Waals surface area contributed by atoms with Gasteiger partial charge in [0.2, 0.25) is 0 Å². The molecule has 0 amide bonds. The number of nitriles is 1. The molecule has 0 aliphatic rings. The number of H-pyrrole nitrogens is 1. The first-order chi connectivity index (χ1) is 15.2. The smallest absolute Gasteiger partial charge is 0.103 e. The van der Waals surface area contributed by atoms with Gasteiger partial charge in [-0.3, -0.25) is 0 Å². The molecule has 4 heteroatoms. The minimum absolute atomic E-state index is 0.242. The molecule has 1 heterocycles. The van der Waals surface area contributed by atoms with Gasteiger partial charge in [-0.15, -0.1) is 0 Å². The monoisotopic (exact) mass is 408 g/mol. The Balaban J connectivity index is 1.56. The normalized spacial score (nSPS) is 11.8. The van der Waals surface area contributed by atoms with Crippen LogP contribution in [-0.2, 0) is 6.42 Å². The van der Waals surface area contributed by atoms with Gasteiger partial charge in [-0.1, -0.05) is 55.0 Å². The fourth-order valence-electron chi connectivity index (χ4n) is 4.06. The van der Waals surface area contributed by atoms with Gasteiger partial charge >= 0.3 is 0 Å². The van der Waals surface area contributed by atoms with Crippen molar-refractivity contribution in [1.29, 1.82) is 5.26 Å². The molecule has 1 unspecified atom stereocenters. The summed E-state index contributed by atoms with van der Waals surface area (Å²) in [6.45, 7) is 5.55. The SMILES string of the molecule is Cc1ccc(NCCc2c(C(C)c3ccc(NCC#N)cc3)[nH]c3ccccc23)cc1. The van der Waals surface area contributed by atoms with E-state index in [2.05, 4.69) is 96.2 Å². The highest BCUT2D eigenvalue weighted by atomic mass is 14.9. The highest BCUT2D eigenvalue weighted by Crippen LogP contribution is 2.32. The third-order valence-electron chi connectivity index (χ3n) is 5.82. The maximum absolute atomic E-state index is 8.75. The average Bonchev–Trinajstić information content (AvgIpc) is 3.17. The molecule has 0 aliphatic heterocycles. The van der Waals surface area contributed by atoms with E-state index < -0.39 is 0 Å². The molecule has 0 fully saturated rings. The third kappa shape index (κ3) is 4.73. The summed E-state index contributed by atoms with van der Waals surface area (Å²) in [4.78, 5) is 3.68. The van der Waals surface area contributed by atoms with Crippen molar-refractivity contribution in [2.75, 3.05) is 23.7 Å².